The Labute approximate surface area is 107 Å². The Bertz CT molecular complexity index is 436. The number of amides is 1. The minimum absolute atomic E-state index is 0.0716. The predicted octanol–water partition coefficient (Wildman–Crippen LogP) is 1.56. The van der Waals surface area contributed by atoms with Crippen molar-refractivity contribution in [3.05, 3.63) is 29.3 Å². The van der Waals surface area contributed by atoms with Crippen LogP contribution in [0.3, 0.4) is 0 Å². The molecule has 1 aromatic rings. The first-order chi connectivity index (χ1) is 8.08. The molecule has 0 aromatic heterocycles. The second-order valence-electron chi connectivity index (χ2n) is 3.13. The number of carbonyl (C=O) groups excluding carboxylic acids is 2. The third-order valence-electron chi connectivity index (χ3n) is 1.96. The topological polar surface area (TPSA) is 75.6 Å². The van der Waals surface area contributed by atoms with Gasteiger partial charge in [-0.1, -0.05) is 6.07 Å². The zero-order valence-electron chi connectivity index (χ0n) is 8.57. The lowest BCUT2D eigenvalue weighted by Gasteiger charge is -2.06. The predicted molar refractivity (Wildman–Crippen MR) is 61.9 cm³/mol. The lowest BCUT2D eigenvalue weighted by Crippen LogP contribution is -2.23. The maximum atomic E-state index is 11.2. The van der Waals surface area contributed by atoms with Gasteiger partial charge < -0.3 is 14.7 Å². The first kappa shape index (κ1) is 13.6. The molecular formula is C10H9Cl2NO4. The van der Waals surface area contributed by atoms with Gasteiger partial charge in [-0.2, -0.15) is 0 Å². The minimum atomic E-state index is -0.866. The second kappa shape index (κ2) is 6.32. The van der Waals surface area contributed by atoms with Crippen LogP contribution < -0.4 is 5.32 Å². The average Bonchev–Trinajstić information content (AvgIpc) is 2.36. The molecule has 0 aliphatic heterocycles. The summed E-state index contributed by atoms with van der Waals surface area (Å²) in [4.78, 5) is 22.1. The Morgan fingerprint density at radius 1 is 1.41 bits per heavy atom. The van der Waals surface area contributed by atoms with E-state index >= 15 is 0 Å². The van der Waals surface area contributed by atoms with Crippen LogP contribution in [-0.4, -0.2) is 22.9 Å². The summed E-state index contributed by atoms with van der Waals surface area (Å²) >= 11 is 10.2. The molecule has 0 atom stereocenters. The maximum Gasteiger partial charge on any atom is 0.360 e. The third kappa shape index (κ3) is 3.80. The Morgan fingerprint density at radius 3 is 2.71 bits per heavy atom. The van der Waals surface area contributed by atoms with E-state index < -0.39 is 5.97 Å². The van der Waals surface area contributed by atoms with Gasteiger partial charge in [-0.05, 0) is 17.7 Å². The summed E-state index contributed by atoms with van der Waals surface area (Å²) in [5.74, 6) is -1.59. The summed E-state index contributed by atoms with van der Waals surface area (Å²) in [6, 6.07) is 4.23. The molecule has 0 aliphatic carbocycles. The summed E-state index contributed by atoms with van der Waals surface area (Å²) in [6.45, 7) is 0.189. The fourth-order valence-electron chi connectivity index (χ4n) is 1.15. The normalized spacial score (nSPS) is 9.76. The minimum Gasteiger partial charge on any atom is -0.507 e. The molecule has 17 heavy (non-hydrogen) atoms. The van der Waals surface area contributed by atoms with Crippen LogP contribution in [-0.2, 0) is 15.6 Å². The van der Waals surface area contributed by atoms with Crippen molar-refractivity contribution in [2.75, 3.05) is 5.88 Å². The van der Waals surface area contributed by atoms with Gasteiger partial charge in [-0.15, -0.1) is 11.6 Å². The number of nitrogens with one attached hydrogen (secondary N) is 1. The number of aromatic hydroxyl groups is 1. The van der Waals surface area contributed by atoms with Gasteiger partial charge in [0.15, 0.2) is 0 Å². The molecule has 0 bridgehead atoms. The summed E-state index contributed by atoms with van der Waals surface area (Å²) in [5.41, 5.74) is 0.538. The maximum absolute atomic E-state index is 11.2. The van der Waals surface area contributed by atoms with Crippen LogP contribution >= 0.6 is 23.5 Å². The van der Waals surface area contributed by atoms with Crippen LogP contribution in [0.2, 0.25) is 0 Å². The van der Waals surface area contributed by atoms with E-state index in [1.165, 1.54) is 12.1 Å². The Balaban J connectivity index is 2.81. The average molecular weight is 278 g/mol. The summed E-state index contributed by atoms with van der Waals surface area (Å²) in [7, 11) is 0. The first-order valence-corrected chi connectivity index (χ1v) is 5.40. The zero-order valence-corrected chi connectivity index (χ0v) is 10.1. The van der Waals surface area contributed by atoms with Crippen molar-refractivity contribution in [1.82, 2.24) is 5.32 Å². The van der Waals surface area contributed by atoms with E-state index in [1.54, 1.807) is 6.07 Å². The first-order valence-electron chi connectivity index (χ1n) is 4.56. The van der Waals surface area contributed by atoms with Gasteiger partial charge in [0.25, 0.3) is 0 Å². The van der Waals surface area contributed by atoms with Crippen molar-refractivity contribution in [2.45, 2.75) is 6.54 Å². The standard InChI is InChI=1S/C10H9Cl2NO4/c11-4-9(15)13-5-6-1-2-8(14)7(3-6)10(16)17-12/h1-3,14H,4-5H2,(H,13,15). The Kier molecular flexibility index (Phi) is 5.06. The molecule has 0 spiro atoms. The molecule has 0 saturated carbocycles. The van der Waals surface area contributed by atoms with Crippen molar-refractivity contribution >= 4 is 35.3 Å². The highest BCUT2D eigenvalue weighted by atomic mass is 35.5. The van der Waals surface area contributed by atoms with E-state index in [0.717, 1.165) is 0 Å². The SMILES string of the molecule is O=C(CCl)NCc1ccc(O)c(C(=O)OCl)c1. The number of hydrogen-bond donors (Lipinski definition) is 2. The van der Waals surface area contributed by atoms with Gasteiger partial charge in [-0.25, -0.2) is 4.79 Å². The fourth-order valence-corrected chi connectivity index (χ4v) is 1.32. The number of alkyl halides is 1. The molecule has 0 unspecified atom stereocenters. The molecule has 92 valence electrons. The van der Waals surface area contributed by atoms with Crippen molar-refractivity contribution in [3.8, 4) is 5.75 Å². The monoisotopic (exact) mass is 277 g/mol. The molecule has 0 radical (unpaired) electrons. The molecule has 0 aliphatic rings. The summed E-state index contributed by atoms with van der Waals surface area (Å²) < 4.78 is 3.98. The summed E-state index contributed by atoms with van der Waals surface area (Å²) in [6.07, 6.45) is 0. The molecule has 1 amide bonds. The van der Waals surface area contributed by atoms with Crippen molar-refractivity contribution in [3.63, 3.8) is 0 Å². The van der Waals surface area contributed by atoms with Crippen LogP contribution in [0.25, 0.3) is 0 Å². The highest BCUT2D eigenvalue weighted by Gasteiger charge is 2.13. The molecule has 5 nitrogen and oxygen atoms in total. The number of carbonyl (C=O) groups is 2. The fraction of sp³-hybridized carbons (Fsp3) is 0.200. The molecule has 1 rings (SSSR count). The number of benzene rings is 1. The van der Waals surface area contributed by atoms with E-state index in [-0.39, 0.29) is 29.6 Å². The molecule has 0 fully saturated rings. The highest BCUT2D eigenvalue weighted by molar-refractivity contribution is 6.27. The zero-order chi connectivity index (χ0) is 12.8. The number of hydrogen-bond acceptors (Lipinski definition) is 4. The van der Waals surface area contributed by atoms with E-state index in [4.69, 9.17) is 23.5 Å². The number of phenols is 1. The Hall–Kier alpha value is -1.46. The van der Waals surface area contributed by atoms with Gasteiger partial charge in [-0.3, -0.25) is 4.79 Å². The highest BCUT2D eigenvalue weighted by Crippen LogP contribution is 2.20. The van der Waals surface area contributed by atoms with Crippen LogP contribution in [0.1, 0.15) is 15.9 Å². The van der Waals surface area contributed by atoms with Crippen molar-refractivity contribution in [1.29, 1.82) is 0 Å². The van der Waals surface area contributed by atoms with E-state index in [0.29, 0.717) is 5.56 Å². The number of halogens is 2. The van der Waals surface area contributed by atoms with Crippen LogP contribution in [0.15, 0.2) is 18.2 Å². The molecule has 7 heteroatoms. The van der Waals surface area contributed by atoms with E-state index in [1.807, 2.05) is 0 Å². The van der Waals surface area contributed by atoms with Crippen molar-refractivity contribution in [2.24, 2.45) is 0 Å². The molecular weight excluding hydrogens is 269 g/mol. The second-order valence-corrected chi connectivity index (χ2v) is 3.55. The molecule has 0 saturated heterocycles. The van der Waals surface area contributed by atoms with Gasteiger partial charge in [0.2, 0.25) is 5.91 Å². The quantitative estimate of drug-likeness (QED) is 0.819. The van der Waals surface area contributed by atoms with Crippen LogP contribution in [0, 0.1) is 0 Å². The molecule has 1 aromatic carbocycles. The third-order valence-corrected chi connectivity index (χ3v) is 2.34. The van der Waals surface area contributed by atoms with Gasteiger partial charge >= 0.3 is 5.97 Å². The molecule has 0 heterocycles. The van der Waals surface area contributed by atoms with Crippen LogP contribution in [0.4, 0.5) is 0 Å². The van der Waals surface area contributed by atoms with E-state index in [9.17, 15) is 14.7 Å². The van der Waals surface area contributed by atoms with Crippen LogP contribution in [0.5, 0.6) is 5.75 Å². The van der Waals surface area contributed by atoms with Gasteiger partial charge in [0, 0.05) is 6.54 Å². The number of rotatable bonds is 4. The van der Waals surface area contributed by atoms with E-state index in [2.05, 4.69) is 9.61 Å². The largest absolute Gasteiger partial charge is 0.507 e. The smallest absolute Gasteiger partial charge is 0.360 e. The molecule has 2 N–H and O–H groups in total. The number of phenolic OH excluding ortho intramolecular Hbond substituents is 1. The van der Waals surface area contributed by atoms with Gasteiger partial charge in [0.1, 0.15) is 29.1 Å². The Morgan fingerprint density at radius 2 is 2.12 bits per heavy atom. The lowest BCUT2D eigenvalue weighted by atomic mass is 10.1. The van der Waals surface area contributed by atoms with Gasteiger partial charge in [0.05, 0.1) is 0 Å². The van der Waals surface area contributed by atoms with Crippen molar-refractivity contribution < 1.29 is 19.0 Å². The lowest BCUT2D eigenvalue weighted by molar-refractivity contribution is -0.118. The summed E-state index contributed by atoms with van der Waals surface area (Å²) in [5, 5.41) is 11.9.